The predicted molar refractivity (Wildman–Crippen MR) is 109 cm³/mol. The Bertz CT molecular complexity index is 1080. The summed E-state index contributed by atoms with van der Waals surface area (Å²) in [6.45, 7) is 3.97. The number of rotatable bonds is 4. The molecule has 0 aliphatic rings. The molecular weight excluding hydrogens is 342 g/mol. The largest absolute Gasteiger partial charge is 0.456 e. The molecule has 0 spiro atoms. The van der Waals surface area contributed by atoms with E-state index in [1.807, 2.05) is 61.5 Å². The van der Waals surface area contributed by atoms with Crippen molar-refractivity contribution in [2.24, 2.45) is 0 Å². The molecule has 0 radical (unpaired) electrons. The van der Waals surface area contributed by atoms with Gasteiger partial charge in [-0.1, -0.05) is 35.9 Å². The number of nitrogens with one attached hydrogen (secondary N) is 1. The second kappa shape index (κ2) is 6.89. The van der Waals surface area contributed by atoms with Gasteiger partial charge in [-0.15, -0.1) is 11.8 Å². The Morgan fingerprint density at radius 1 is 0.962 bits per heavy atom. The molecule has 1 atom stereocenters. The van der Waals surface area contributed by atoms with E-state index >= 15 is 0 Å². The van der Waals surface area contributed by atoms with Crippen LogP contribution in [0, 0.1) is 6.92 Å². The minimum absolute atomic E-state index is 0.0222. The molecule has 0 aliphatic carbocycles. The number of anilines is 1. The van der Waals surface area contributed by atoms with Crippen LogP contribution in [-0.2, 0) is 4.79 Å². The Kier molecular flexibility index (Phi) is 4.43. The summed E-state index contributed by atoms with van der Waals surface area (Å²) in [4.78, 5) is 13.6. The van der Waals surface area contributed by atoms with Crippen LogP contribution >= 0.6 is 11.8 Å². The smallest absolute Gasteiger partial charge is 0.237 e. The van der Waals surface area contributed by atoms with Gasteiger partial charge in [-0.25, -0.2) is 0 Å². The van der Waals surface area contributed by atoms with E-state index in [0.29, 0.717) is 0 Å². The highest BCUT2D eigenvalue weighted by atomic mass is 32.2. The van der Waals surface area contributed by atoms with Crippen molar-refractivity contribution in [3.63, 3.8) is 0 Å². The fourth-order valence-electron chi connectivity index (χ4n) is 2.92. The van der Waals surface area contributed by atoms with Crippen molar-refractivity contribution in [1.82, 2.24) is 0 Å². The molecule has 26 heavy (non-hydrogen) atoms. The summed E-state index contributed by atoms with van der Waals surface area (Å²) in [5, 5.41) is 4.94. The zero-order valence-electron chi connectivity index (χ0n) is 14.7. The second-order valence-corrected chi connectivity index (χ2v) is 7.79. The molecule has 1 N–H and O–H groups in total. The number of para-hydroxylation sites is 1. The second-order valence-electron chi connectivity index (χ2n) is 6.37. The maximum atomic E-state index is 12.5. The van der Waals surface area contributed by atoms with Gasteiger partial charge in [0.1, 0.15) is 11.2 Å². The van der Waals surface area contributed by atoms with Gasteiger partial charge in [-0.3, -0.25) is 4.79 Å². The molecule has 0 fully saturated rings. The van der Waals surface area contributed by atoms with E-state index in [4.69, 9.17) is 4.42 Å². The summed E-state index contributed by atoms with van der Waals surface area (Å²) < 4.78 is 5.89. The number of aryl methyl sites for hydroxylation is 1. The first-order valence-electron chi connectivity index (χ1n) is 8.55. The van der Waals surface area contributed by atoms with Gasteiger partial charge in [0.25, 0.3) is 0 Å². The van der Waals surface area contributed by atoms with Crippen molar-refractivity contribution < 1.29 is 9.21 Å². The molecule has 3 aromatic carbocycles. The summed E-state index contributed by atoms with van der Waals surface area (Å²) in [5.41, 5.74) is 3.60. The van der Waals surface area contributed by atoms with E-state index in [1.54, 1.807) is 11.8 Å². The molecule has 4 aromatic rings. The standard InChI is InChI=1S/C22H19NO2S/c1-14-7-10-17(11-8-14)26-15(2)22(24)23-16-9-12-19-18-5-3-4-6-20(18)25-21(19)13-16/h3-13,15H,1-2H3,(H,23,24)/t15-/m0/s1. The summed E-state index contributed by atoms with van der Waals surface area (Å²) in [6.07, 6.45) is 0. The third-order valence-corrected chi connectivity index (χ3v) is 5.46. The van der Waals surface area contributed by atoms with Crippen molar-refractivity contribution in [3.05, 3.63) is 72.3 Å². The van der Waals surface area contributed by atoms with Gasteiger partial charge in [-0.05, 0) is 44.2 Å². The van der Waals surface area contributed by atoms with Crippen LogP contribution in [0.25, 0.3) is 21.9 Å². The number of hydrogen-bond donors (Lipinski definition) is 1. The molecule has 1 aromatic heterocycles. The fraction of sp³-hybridized carbons (Fsp3) is 0.136. The lowest BCUT2D eigenvalue weighted by atomic mass is 10.1. The highest BCUT2D eigenvalue weighted by Gasteiger charge is 2.15. The van der Waals surface area contributed by atoms with Gasteiger partial charge in [0, 0.05) is 27.4 Å². The lowest BCUT2D eigenvalue weighted by molar-refractivity contribution is -0.115. The predicted octanol–water partition coefficient (Wildman–Crippen LogP) is 6.01. The average Bonchev–Trinajstić information content (AvgIpc) is 3.01. The number of carbonyl (C=O) groups excluding carboxylic acids is 1. The highest BCUT2D eigenvalue weighted by Crippen LogP contribution is 2.31. The van der Waals surface area contributed by atoms with Crippen LogP contribution in [-0.4, -0.2) is 11.2 Å². The Morgan fingerprint density at radius 2 is 1.69 bits per heavy atom. The highest BCUT2D eigenvalue weighted by molar-refractivity contribution is 8.00. The third-order valence-electron chi connectivity index (χ3n) is 4.35. The van der Waals surface area contributed by atoms with Gasteiger partial charge in [0.05, 0.1) is 5.25 Å². The number of thioether (sulfide) groups is 1. The molecule has 0 aliphatic heterocycles. The van der Waals surface area contributed by atoms with Crippen LogP contribution in [0.15, 0.2) is 76.0 Å². The molecule has 130 valence electrons. The summed E-state index contributed by atoms with van der Waals surface area (Å²) in [5.74, 6) is -0.0222. The van der Waals surface area contributed by atoms with E-state index in [2.05, 4.69) is 24.4 Å². The lowest BCUT2D eigenvalue weighted by Crippen LogP contribution is -2.22. The van der Waals surface area contributed by atoms with E-state index < -0.39 is 0 Å². The summed E-state index contributed by atoms with van der Waals surface area (Å²) in [7, 11) is 0. The van der Waals surface area contributed by atoms with Crippen molar-refractivity contribution in [3.8, 4) is 0 Å². The first-order chi connectivity index (χ1) is 12.6. The van der Waals surface area contributed by atoms with Gasteiger partial charge >= 0.3 is 0 Å². The van der Waals surface area contributed by atoms with Gasteiger partial charge in [0.15, 0.2) is 0 Å². The van der Waals surface area contributed by atoms with Crippen LogP contribution in [0.1, 0.15) is 12.5 Å². The Balaban J connectivity index is 1.51. The number of carbonyl (C=O) groups is 1. The lowest BCUT2D eigenvalue weighted by Gasteiger charge is -2.12. The summed E-state index contributed by atoms with van der Waals surface area (Å²) in [6, 6.07) is 22.0. The van der Waals surface area contributed by atoms with E-state index in [0.717, 1.165) is 32.5 Å². The molecule has 0 unspecified atom stereocenters. The van der Waals surface area contributed by atoms with Crippen molar-refractivity contribution in [1.29, 1.82) is 0 Å². The van der Waals surface area contributed by atoms with Crippen LogP contribution in [0.4, 0.5) is 5.69 Å². The van der Waals surface area contributed by atoms with Gasteiger partial charge in [0.2, 0.25) is 5.91 Å². The topological polar surface area (TPSA) is 42.2 Å². The van der Waals surface area contributed by atoms with E-state index in [1.165, 1.54) is 5.56 Å². The van der Waals surface area contributed by atoms with Crippen LogP contribution in [0.5, 0.6) is 0 Å². The van der Waals surface area contributed by atoms with E-state index in [-0.39, 0.29) is 11.2 Å². The van der Waals surface area contributed by atoms with E-state index in [9.17, 15) is 4.79 Å². The van der Waals surface area contributed by atoms with Crippen molar-refractivity contribution >= 4 is 45.3 Å². The minimum atomic E-state index is -0.191. The molecule has 1 heterocycles. The molecule has 4 rings (SSSR count). The average molecular weight is 361 g/mol. The zero-order valence-corrected chi connectivity index (χ0v) is 15.5. The molecule has 0 saturated heterocycles. The quantitative estimate of drug-likeness (QED) is 0.452. The molecule has 1 amide bonds. The maximum Gasteiger partial charge on any atom is 0.237 e. The van der Waals surface area contributed by atoms with Crippen LogP contribution in [0.3, 0.4) is 0 Å². The Morgan fingerprint density at radius 3 is 2.50 bits per heavy atom. The van der Waals surface area contributed by atoms with Crippen molar-refractivity contribution in [2.45, 2.75) is 24.0 Å². The Hall–Kier alpha value is -2.72. The van der Waals surface area contributed by atoms with Crippen molar-refractivity contribution in [2.75, 3.05) is 5.32 Å². The third kappa shape index (κ3) is 3.33. The normalized spacial score (nSPS) is 12.4. The van der Waals surface area contributed by atoms with Crippen LogP contribution in [0.2, 0.25) is 0 Å². The van der Waals surface area contributed by atoms with Crippen LogP contribution < -0.4 is 5.32 Å². The Labute approximate surface area is 156 Å². The summed E-state index contributed by atoms with van der Waals surface area (Å²) >= 11 is 1.55. The SMILES string of the molecule is Cc1ccc(S[C@@H](C)C(=O)Nc2ccc3c(c2)oc2ccccc23)cc1. The number of fused-ring (bicyclic) bond motifs is 3. The number of furan rings is 1. The monoisotopic (exact) mass is 361 g/mol. The van der Waals surface area contributed by atoms with Gasteiger partial charge < -0.3 is 9.73 Å². The number of amides is 1. The number of hydrogen-bond acceptors (Lipinski definition) is 3. The molecule has 3 nitrogen and oxygen atoms in total. The molecule has 4 heteroatoms. The van der Waals surface area contributed by atoms with Gasteiger partial charge in [-0.2, -0.15) is 0 Å². The number of benzene rings is 3. The first kappa shape index (κ1) is 16.7. The molecule has 0 saturated carbocycles. The first-order valence-corrected chi connectivity index (χ1v) is 9.43. The maximum absolute atomic E-state index is 12.5. The molecular formula is C22H19NO2S. The fourth-order valence-corrected chi connectivity index (χ4v) is 3.79. The molecule has 0 bridgehead atoms. The zero-order chi connectivity index (χ0) is 18.1. The minimum Gasteiger partial charge on any atom is -0.456 e.